The van der Waals surface area contributed by atoms with Gasteiger partial charge in [-0.05, 0) is 37.1 Å². The molecule has 1 fully saturated rings. The molecule has 8 nitrogen and oxygen atoms in total. The molecule has 9 heteroatoms. The molecule has 0 aliphatic carbocycles. The summed E-state index contributed by atoms with van der Waals surface area (Å²) in [5.41, 5.74) is 1.73. The molecular formula is C27H32N6O2S. The standard InChI is InChI=1S/C27H32N6O2S/c1-3-11-21(2)25-29-26(24-20-28-33(27(24)30-25)22-12-6-4-7-13-22)31-16-10-17-32(19-18-31)36(34,35)23-14-8-5-9-15-23/h4-9,12-15,20-21H,3,10-11,16-19H2,1-2H3. The second-order valence-electron chi connectivity index (χ2n) is 9.28. The van der Waals surface area contributed by atoms with Crippen molar-refractivity contribution in [1.82, 2.24) is 24.1 Å². The maximum atomic E-state index is 13.2. The number of anilines is 1. The quantitative estimate of drug-likeness (QED) is 0.365. The topological polar surface area (TPSA) is 84.2 Å². The van der Waals surface area contributed by atoms with Crippen LogP contribution >= 0.6 is 0 Å². The van der Waals surface area contributed by atoms with Crippen LogP contribution in [0.25, 0.3) is 16.7 Å². The van der Waals surface area contributed by atoms with Crippen LogP contribution in [0.5, 0.6) is 0 Å². The Morgan fingerprint density at radius 1 is 0.917 bits per heavy atom. The number of fused-ring (bicyclic) bond motifs is 1. The van der Waals surface area contributed by atoms with Gasteiger partial charge < -0.3 is 4.90 Å². The minimum Gasteiger partial charge on any atom is -0.355 e. The first-order valence-electron chi connectivity index (χ1n) is 12.6. The number of para-hydroxylation sites is 1. The van der Waals surface area contributed by atoms with E-state index in [0.717, 1.165) is 41.2 Å². The fourth-order valence-corrected chi connectivity index (χ4v) is 6.27. The van der Waals surface area contributed by atoms with E-state index in [1.54, 1.807) is 28.6 Å². The lowest BCUT2D eigenvalue weighted by Gasteiger charge is -2.24. The molecule has 0 spiro atoms. The van der Waals surface area contributed by atoms with E-state index in [9.17, 15) is 8.42 Å². The molecular weight excluding hydrogens is 472 g/mol. The third-order valence-electron chi connectivity index (χ3n) is 6.72. The van der Waals surface area contributed by atoms with E-state index in [0.29, 0.717) is 37.5 Å². The van der Waals surface area contributed by atoms with Crippen LogP contribution in [0.2, 0.25) is 0 Å². The van der Waals surface area contributed by atoms with Crippen molar-refractivity contribution in [3.8, 4) is 5.69 Å². The Labute approximate surface area is 212 Å². The minimum absolute atomic E-state index is 0.208. The molecule has 0 amide bonds. The largest absolute Gasteiger partial charge is 0.355 e. The highest BCUT2D eigenvalue weighted by Crippen LogP contribution is 2.30. The Hall–Kier alpha value is -3.30. The SMILES string of the molecule is CCCC(C)c1nc(N2CCCN(S(=O)(=O)c3ccccc3)CC2)c2cnn(-c3ccccc3)c2n1. The number of hydrogen-bond acceptors (Lipinski definition) is 6. The van der Waals surface area contributed by atoms with Gasteiger partial charge in [-0.25, -0.2) is 23.1 Å². The van der Waals surface area contributed by atoms with E-state index in [1.165, 1.54) is 0 Å². The molecule has 2 aromatic carbocycles. The summed E-state index contributed by atoms with van der Waals surface area (Å²) in [5, 5.41) is 5.55. The minimum atomic E-state index is -3.54. The van der Waals surface area contributed by atoms with Crippen molar-refractivity contribution in [2.45, 2.75) is 43.9 Å². The molecule has 1 unspecified atom stereocenters. The molecule has 1 aliphatic heterocycles. The van der Waals surface area contributed by atoms with Gasteiger partial charge in [0.25, 0.3) is 0 Å². The van der Waals surface area contributed by atoms with Crippen molar-refractivity contribution in [3.63, 3.8) is 0 Å². The first-order chi connectivity index (χ1) is 17.5. The second-order valence-corrected chi connectivity index (χ2v) is 11.2. The first kappa shape index (κ1) is 24.4. The van der Waals surface area contributed by atoms with Crippen LogP contribution in [-0.4, -0.2) is 58.7 Å². The van der Waals surface area contributed by atoms with E-state index in [1.807, 2.05) is 47.3 Å². The highest BCUT2D eigenvalue weighted by molar-refractivity contribution is 7.89. The summed E-state index contributed by atoms with van der Waals surface area (Å²) >= 11 is 0. The summed E-state index contributed by atoms with van der Waals surface area (Å²) in [7, 11) is -3.54. The van der Waals surface area contributed by atoms with Gasteiger partial charge in [-0.15, -0.1) is 0 Å². The monoisotopic (exact) mass is 504 g/mol. The van der Waals surface area contributed by atoms with E-state index in [2.05, 4.69) is 23.8 Å². The van der Waals surface area contributed by atoms with Gasteiger partial charge in [0.15, 0.2) is 5.65 Å². The van der Waals surface area contributed by atoms with Crippen molar-refractivity contribution >= 4 is 26.9 Å². The number of nitrogens with zero attached hydrogens (tertiary/aromatic N) is 6. The van der Waals surface area contributed by atoms with E-state index < -0.39 is 10.0 Å². The predicted octanol–water partition coefficient (Wildman–Crippen LogP) is 4.62. The molecule has 0 N–H and O–H groups in total. The highest BCUT2D eigenvalue weighted by atomic mass is 32.2. The van der Waals surface area contributed by atoms with Crippen LogP contribution in [0.15, 0.2) is 71.8 Å². The molecule has 36 heavy (non-hydrogen) atoms. The van der Waals surface area contributed by atoms with Gasteiger partial charge in [0, 0.05) is 32.1 Å². The van der Waals surface area contributed by atoms with Crippen molar-refractivity contribution in [2.75, 3.05) is 31.1 Å². The zero-order chi connectivity index (χ0) is 25.1. The Balaban J connectivity index is 1.51. The molecule has 5 rings (SSSR count). The summed E-state index contributed by atoms with van der Waals surface area (Å²) in [5.74, 6) is 1.84. The summed E-state index contributed by atoms with van der Waals surface area (Å²) < 4.78 is 29.9. The normalized spacial score (nSPS) is 16.2. The van der Waals surface area contributed by atoms with Gasteiger partial charge in [0.1, 0.15) is 11.6 Å². The van der Waals surface area contributed by atoms with Crippen LogP contribution in [0.1, 0.15) is 44.9 Å². The van der Waals surface area contributed by atoms with Crippen molar-refractivity contribution in [1.29, 1.82) is 0 Å². The third-order valence-corrected chi connectivity index (χ3v) is 8.64. The van der Waals surface area contributed by atoms with E-state index in [4.69, 9.17) is 9.97 Å². The number of benzene rings is 2. The summed E-state index contributed by atoms with van der Waals surface area (Å²) in [6.07, 6.45) is 4.58. The van der Waals surface area contributed by atoms with E-state index >= 15 is 0 Å². The molecule has 188 valence electrons. The fourth-order valence-electron chi connectivity index (χ4n) is 4.78. The molecule has 0 saturated carbocycles. The van der Waals surface area contributed by atoms with Gasteiger partial charge in [0.2, 0.25) is 10.0 Å². The lowest BCUT2D eigenvalue weighted by atomic mass is 10.1. The Morgan fingerprint density at radius 2 is 1.64 bits per heavy atom. The average molecular weight is 505 g/mol. The molecule has 1 saturated heterocycles. The molecule has 4 aromatic rings. The van der Waals surface area contributed by atoms with Crippen LogP contribution in [0, 0.1) is 0 Å². The number of aromatic nitrogens is 4. The van der Waals surface area contributed by atoms with Gasteiger partial charge in [0.05, 0.1) is 22.2 Å². The lowest BCUT2D eigenvalue weighted by molar-refractivity contribution is 0.433. The molecule has 0 radical (unpaired) electrons. The average Bonchev–Trinajstić information content (AvgIpc) is 3.17. The molecule has 1 aliphatic rings. The molecule has 3 heterocycles. The first-order valence-corrected chi connectivity index (χ1v) is 14.0. The summed E-state index contributed by atoms with van der Waals surface area (Å²) in [4.78, 5) is 12.5. The Kier molecular flexibility index (Phi) is 7.02. The predicted molar refractivity (Wildman–Crippen MR) is 142 cm³/mol. The lowest BCUT2D eigenvalue weighted by Crippen LogP contribution is -2.35. The van der Waals surface area contributed by atoms with Crippen LogP contribution < -0.4 is 4.90 Å². The van der Waals surface area contributed by atoms with Crippen molar-refractivity contribution in [3.05, 3.63) is 72.7 Å². The molecule has 1 atom stereocenters. The van der Waals surface area contributed by atoms with Crippen molar-refractivity contribution < 1.29 is 8.42 Å². The number of rotatable bonds is 7. The van der Waals surface area contributed by atoms with Gasteiger partial charge in [-0.1, -0.05) is 56.7 Å². The maximum absolute atomic E-state index is 13.2. The maximum Gasteiger partial charge on any atom is 0.243 e. The van der Waals surface area contributed by atoms with Crippen LogP contribution in [0.3, 0.4) is 0 Å². The molecule has 2 aromatic heterocycles. The van der Waals surface area contributed by atoms with Gasteiger partial charge >= 0.3 is 0 Å². The van der Waals surface area contributed by atoms with Crippen LogP contribution in [-0.2, 0) is 10.0 Å². The summed E-state index contributed by atoms with van der Waals surface area (Å²) in [6.45, 7) is 6.47. The zero-order valence-electron chi connectivity index (χ0n) is 20.8. The second kappa shape index (κ2) is 10.4. The number of hydrogen-bond donors (Lipinski definition) is 0. The van der Waals surface area contributed by atoms with Gasteiger partial charge in [-0.2, -0.15) is 9.40 Å². The zero-order valence-corrected chi connectivity index (χ0v) is 21.6. The highest BCUT2D eigenvalue weighted by Gasteiger charge is 2.28. The smallest absolute Gasteiger partial charge is 0.243 e. The summed E-state index contributed by atoms with van der Waals surface area (Å²) in [6, 6.07) is 18.7. The van der Waals surface area contributed by atoms with Crippen molar-refractivity contribution in [2.24, 2.45) is 0 Å². The number of sulfonamides is 1. The van der Waals surface area contributed by atoms with Crippen LogP contribution in [0.4, 0.5) is 5.82 Å². The Bertz CT molecular complexity index is 1420. The molecule has 0 bridgehead atoms. The van der Waals surface area contributed by atoms with E-state index in [-0.39, 0.29) is 5.92 Å². The Morgan fingerprint density at radius 3 is 2.36 bits per heavy atom. The fraction of sp³-hybridized carbons (Fsp3) is 0.370. The van der Waals surface area contributed by atoms with Gasteiger partial charge in [-0.3, -0.25) is 0 Å². The third kappa shape index (κ3) is 4.73.